The van der Waals surface area contributed by atoms with Gasteiger partial charge in [0.15, 0.2) is 0 Å². The van der Waals surface area contributed by atoms with Crippen LogP contribution in [0, 0.1) is 0 Å². The molecule has 2 fully saturated rings. The van der Waals surface area contributed by atoms with E-state index >= 15 is 0 Å². The summed E-state index contributed by atoms with van der Waals surface area (Å²) in [4.78, 5) is 2.90. The zero-order chi connectivity index (χ0) is 8.44. The van der Waals surface area contributed by atoms with Gasteiger partial charge in [-0.3, -0.25) is 0 Å². The first-order valence-corrected chi connectivity index (χ1v) is 5.87. The lowest BCUT2D eigenvalue weighted by molar-refractivity contribution is 0.214. The van der Waals surface area contributed by atoms with E-state index in [2.05, 4.69) is 29.0 Å². The molecule has 3 heteroatoms. The lowest BCUT2D eigenvalue weighted by atomic mass is 10.0. The van der Waals surface area contributed by atoms with Crippen molar-refractivity contribution >= 4 is 11.8 Å². The fourth-order valence-corrected chi connectivity index (χ4v) is 3.36. The van der Waals surface area contributed by atoms with Crippen LogP contribution in [0.2, 0.25) is 0 Å². The van der Waals surface area contributed by atoms with Gasteiger partial charge in [0, 0.05) is 13.1 Å². The highest BCUT2D eigenvalue weighted by Gasteiger charge is 2.34. The smallest absolute Gasteiger partial charge is 0.0669 e. The molecule has 2 rings (SSSR count). The second-order valence-corrected chi connectivity index (χ2v) is 5.40. The number of hydrogen-bond acceptors (Lipinski definition) is 3. The summed E-state index contributed by atoms with van der Waals surface area (Å²) in [7, 11) is 2.22. The molecule has 2 heterocycles. The minimum absolute atomic E-state index is 0.463. The summed E-state index contributed by atoms with van der Waals surface area (Å²) in [5.41, 5.74) is 0. The molecule has 0 bridgehead atoms. The number of thioether (sulfide) groups is 1. The van der Waals surface area contributed by atoms with Crippen LogP contribution >= 0.6 is 11.8 Å². The summed E-state index contributed by atoms with van der Waals surface area (Å²) in [5.74, 6) is 1.36. The molecule has 0 aliphatic carbocycles. The average Bonchev–Trinajstić information content (AvgIpc) is 2.13. The van der Waals surface area contributed by atoms with Gasteiger partial charge in [0.25, 0.3) is 0 Å². The first kappa shape index (κ1) is 8.85. The highest BCUT2D eigenvalue weighted by molar-refractivity contribution is 8.00. The van der Waals surface area contributed by atoms with Gasteiger partial charge in [0.2, 0.25) is 0 Å². The second-order valence-electron chi connectivity index (χ2n) is 3.93. The molecule has 2 aliphatic rings. The van der Waals surface area contributed by atoms with E-state index in [1.165, 1.54) is 44.6 Å². The third-order valence-corrected chi connectivity index (χ3v) is 4.54. The van der Waals surface area contributed by atoms with Gasteiger partial charge in [-0.05, 0) is 38.6 Å². The van der Waals surface area contributed by atoms with Crippen LogP contribution in [0.4, 0.5) is 0 Å². The number of nitrogens with zero attached hydrogens (tertiary/aromatic N) is 1. The van der Waals surface area contributed by atoms with Crippen molar-refractivity contribution in [2.24, 2.45) is 0 Å². The standard InChI is InChI=1S/C9H18N2S/c1-11-6-3-9(4-7-11)10-5-2-8-12-9/h10H,2-8H2,1H3. The molecule has 0 aromatic carbocycles. The first-order chi connectivity index (χ1) is 5.81. The highest BCUT2D eigenvalue weighted by atomic mass is 32.2. The molecule has 1 N–H and O–H groups in total. The van der Waals surface area contributed by atoms with E-state index in [4.69, 9.17) is 0 Å². The van der Waals surface area contributed by atoms with Crippen LogP contribution in [0.1, 0.15) is 19.3 Å². The molecule has 0 amide bonds. The third-order valence-electron chi connectivity index (χ3n) is 2.94. The van der Waals surface area contributed by atoms with Gasteiger partial charge < -0.3 is 10.2 Å². The van der Waals surface area contributed by atoms with Crippen molar-refractivity contribution in [3.05, 3.63) is 0 Å². The molecule has 0 aromatic heterocycles. The minimum Gasteiger partial charge on any atom is -0.306 e. The number of piperidine rings is 1. The Kier molecular flexibility index (Phi) is 2.63. The fourth-order valence-electron chi connectivity index (χ4n) is 2.01. The maximum Gasteiger partial charge on any atom is 0.0669 e. The molecule has 1 spiro atoms. The van der Waals surface area contributed by atoms with Gasteiger partial charge in [-0.2, -0.15) is 0 Å². The highest BCUT2D eigenvalue weighted by Crippen LogP contribution is 2.35. The molecule has 2 aliphatic heterocycles. The molecule has 12 heavy (non-hydrogen) atoms. The van der Waals surface area contributed by atoms with E-state index in [-0.39, 0.29) is 0 Å². The Morgan fingerprint density at radius 1 is 1.33 bits per heavy atom. The largest absolute Gasteiger partial charge is 0.306 e. The van der Waals surface area contributed by atoms with Crippen LogP contribution in [0.25, 0.3) is 0 Å². The molecule has 0 radical (unpaired) electrons. The van der Waals surface area contributed by atoms with Gasteiger partial charge in [0.05, 0.1) is 4.87 Å². The maximum absolute atomic E-state index is 3.69. The Bertz CT molecular complexity index is 145. The molecule has 70 valence electrons. The molecular formula is C9H18N2S. The second kappa shape index (κ2) is 3.56. The van der Waals surface area contributed by atoms with E-state index in [0.29, 0.717) is 4.87 Å². The Morgan fingerprint density at radius 2 is 2.08 bits per heavy atom. The van der Waals surface area contributed by atoms with Crippen molar-refractivity contribution in [2.45, 2.75) is 24.1 Å². The van der Waals surface area contributed by atoms with E-state index in [0.717, 1.165) is 0 Å². The minimum atomic E-state index is 0.463. The lowest BCUT2D eigenvalue weighted by Crippen LogP contribution is -2.52. The van der Waals surface area contributed by atoms with Gasteiger partial charge in [-0.25, -0.2) is 0 Å². The third kappa shape index (κ3) is 1.78. The van der Waals surface area contributed by atoms with Crippen LogP contribution in [-0.4, -0.2) is 42.2 Å². The Balaban J connectivity index is 1.92. The molecule has 2 nitrogen and oxygen atoms in total. The topological polar surface area (TPSA) is 15.3 Å². The van der Waals surface area contributed by atoms with Crippen LogP contribution in [0.3, 0.4) is 0 Å². The quantitative estimate of drug-likeness (QED) is 0.610. The van der Waals surface area contributed by atoms with Gasteiger partial charge in [-0.1, -0.05) is 0 Å². The summed E-state index contributed by atoms with van der Waals surface area (Å²) >= 11 is 2.15. The van der Waals surface area contributed by atoms with Gasteiger partial charge in [0.1, 0.15) is 0 Å². The zero-order valence-corrected chi connectivity index (χ0v) is 8.62. The molecular weight excluding hydrogens is 168 g/mol. The molecule has 0 saturated carbocycles. The predicted molar refractivity (Wildman–Crippen MR) is 54.5 cm³/mol. The van der Waals surface area contributed by atoms with Crippen LogP contribution in [0.15, 0.2) is 0 Å². The Labute approximate surface area is 79.1 Å². The number of rotatable bonds is 0. The molecule has 0 atom stereocenters. The Hall–Kier alpha value is 0.270. The SMILES string of the molecule is CN1CCC2(CC1)NCCCS2. The van der Waals surface area contributed by atoms with Crippen molar-refractivity contribution in [1.29, 1.82) is 0 Å². The number of likely N-dealkylation sites (tertiary alicyclic amines) is 1. The average molecular weight is 186 g/mol. The Morgan fingerprint density at radius 3 is 2.67 bits per heavy atom. The summed E-state index contributed by atoms with van der Waals surface area (Å²) in [6.07, 6.45) is 4.00. The van der Waals surface area contributed by atoms with E-state index in [1.807, 2.05) is 0 Å². The van der Waals surface area contributed by atoms with Crippen molar-refractivity contribution in [1.82, 2.24) is 10.2 Å². The molecule has 0 unspecified atom stereocenters. The molecule has 0 aromatic rings. The number of nitrogens with one attached hydrogen (secondary N) is 1. The van der Waals surface area contributed by atoms with Crippen LogP contribution in [0.5, 0.6) is 0 Å². The van der Waals surface area contributed by atoms with Gasteiger partial charge >= 0.3 is 0 Å². The van der Waals surface area contributed by atoms with Crippen molar-refractivity contribution in [2.75, 3.05) is 32.4 Å². The first-order valence-electron chi connectivity index (χ1n) is 4.88. The monoisotopic (exact) mass is 186 g/mol. The van der Waals surface area contributed by atoms with E-state index in [1.54, 1.807) is 0 Å². The lowest BCUT2D eigenvalue weighted by Gasteiger charge is -2.43. The van der Waals surface area contributed by atoms with Crippen LogP contribution in [-0.2, 0) is 0 Å². The van der Waals surface area contributed by atoms with Crippen LogP contribution < -0.4 is 5.32 Å². The zero-order valence-electron chi connectivity index (χ0n) is 7.81. The number of hydrogen-bond donors (Lipinski definition) is 1. The fraction of sp³-hybridized carbons (Fsp3) is 1.00. The normalized spacial score (nSPS) is 30.8. The summed E-state index contributed by atoms with van der Waals surface area (Å²) in [6.45, 7) is 3.76. The summed E-state index contributed by atoms with van der Waals surface area (Å²) in [5, 5.41) is 3.69. The predicted octanol–water partition coefficient (Wildman–Crippen LogP) is 1.13. The molecule has 2 saturated heterocycles. The summed E-state index contributed by atoms with van der Waals surface area (Å²) < 4.78 is 0. The van der Waals surface area contributed by atoms with Crippen molar-refractivity contribution < 1.29 is 0 Å². The maximum atomic E-state index is 3.69. The van der Waals surface area contributed by atoms with Gasteiger partial charge in [-0.15, -0.1) is 11.8 Å². The van der Waals surface area contributed by atoms with Crippen molar-refractivity contribution in [3.63, 3.8) is 0 Å². The van der Waals surface area contributed by atoms with E-state index in [9.17, 15) is 0 Å². The summed E-state index contributed by atoms with van der Waals surface area (Å²) in [6, 6.07) is 0. The van der Waals surface area contributed by atoms with E-state index < -0.39 is 0 Å². The van der Waals surface area contributed by atoms with Crippen molar-refractivity contribution in [3.8, 4) is 0 Å².